The van der Waals surface area contributed by atoms with Crippen LogP contribution in [0.4, 0.5) is 0 Å². The van der Waals surface area contributed by atoms with Crippen LogP contribution in [-0.2, 0) is 0 Å². The smallest absolute Gasteiger partial charge is 0.276 e. The Morgan fingerprint density at radius 1 is 1.19 bits per heavy atom. The molecule has 1 saturated heterocycles. The van der Waals surface area contributed by atoms with E-state index in [4.69, 9.17) is 4.52 Å². The Bertz CT molecular complexity index is 1070. The van der Waals surface area contributed by atoms with Crippen molar-refractivity contribution in [3.8, 4) is 17.1 Å². The molecule has 0 saturated carbocycles. The van der Waals surface area contributed by atoms with Gasteiger partial charge in [0.15, 0.2) is 5.69 Å². The lowest BCUT2D eigenvalue weighted by molar-refractivity contribution is 0.0562. The van der Waals surface area contributed by atoms with Crippen LogP contribution in [0.25, 0.3) is 17.1 Å². The second kappa shape index (κ2) is 6.44. The molecular formula is C18H14N6O2S. The summed E-state index contributed by atoms with van der Waals surface area (Å²) in [6.45, 7) is 1.06. The predicted molar refractivity (Wildman–Crippen MR) is 97.6 cm³/mol. The van der Waals surface area contributed by atoms with Crippen molar-refractivity contribution in [2.75, 3.05) is 13.1 Å². The van der Waals surface area contributed by atoms with Crippen LogP contribution in [0.1, 0.15) is 22.3 Å². The van der Waals surface area contributed by atoms with Crippen molar-refractivity contribution in [1.82, 2.24) is 30.0 Å². The van der Waals surface area contributed by atoms with Gasteiger partial charge in [-0.15, -0.1) is 5.10 Å². The van der Waals surface area contributed by atoms with Crippen molar-refractivity contribution in [3.05, 3.63) is 64.9 Å². The van der Waals surface area contributed by atoms with Crippen molar-refractivity contribution >= 4 is 17.2 Å². The molecule has 4 aromatic rings. The molecule has 3 aromatic heterocycles. The molecule has 134 valence electrons. The summed E-state index contributed by atoms with van der Waals surface area (Å²) in [7, 11) is 0. The van der Waals surface area contributed by atoms with E-state index in [-0.39, 0.29) is 11.8 Å². The molecule has 9 heteroatoms. The van der Waals surface area contributed by atoms with Crippen LogP contribution in [0, 0.1) is 0 Å². The number of amides is 1. The molecule has 0 N–H and O–H groups in total. The summed E-state index contributed by atoms with van der Waals surface area (Å²) in [6.07, 6.45) is 1.49. The number of likely N-dealkylation sites (tertiary alicyclic amines) is 1. The number of aromatic nitrogens is 5. The minimum atomic E-state index is -0.147. The first-order chi connectivity index (χ1) is 13.3. The minimum Gasteiger partial charge on any atom is -0.339 e. The molecule has 0 radical (unpaired) electrons. The summed E-state index contributed by atoms with van der Waals surface area (Å²) in [5, 5.41) is 16.4. The first-order valence-electron chi connectivity index (χ1n) is 8.41. The Balaban J connectivity index is 1.25. The third-order valence-electron chi connectivity index (χ3n) is 4.44. The highest BCUT2D eigenvalue weighted by atomic mass is 32.1. The average molecular weight is 378 g/mol. The normalized spacial score (nSPS) is 14.3. The first kappa shape index (κ1) is 15.9. The van der Waals surface area contributed by atoms with Crippen molar-refractivity contribution in [2.24, 2.45) is 0 Å². The number of hydrogen-bond acceptors (Lipinski definition) is 7. The van der Waals surface area contributed by atoms with Crippen molar-refractivity contribution in [1.29, 1.82) is 0 Å². The summed E-state index contributed by atoms with van der Waals surface area (Å²) in [5.74, 6) is 1.05. The van der Waals surface area contributed by atoms with Gasteiger partial charge in [-0.2, -0.15) is 26.2 Å². The topological polar surface area (TPSA) is 89.9 Å². The van der Waals surface area contributed by atoms with Gasteiger partial charge in [0, 0.05) is 24.0 Å². The van der Waals surface area contributed by atoms with Crippen molar-refractivity contribution < 1.29 is 9.32 Å². The molecule has 1 aliphatic heterocycles. The maximum absolute atomic E-state index is 12.6. The van der Waals surface area contributed by atoms with Crippen LogP contribution in [0.15, 0.2) is 57.9 Å². The van der Waals surface area contributed by atoms with Crippen LogP contribution in [-0.4, -0.2) is 49.0 Å². The Labute approximate surface area is 158 Å². The third kappa shape index (κ3) is 2.91. The third-order valence-corrected chi connectivity index (χ3v) is 5.12. The molecule has 1 aromatic carbocycles. The van der Waals surface area contributed by atoms with Gasteiger partial charge in [-0.05, 0) is 23.6 Å². The fourth-order valence-corrected chi connectivity index (χ4v) is 3.55. The molecule has 1 amide bonds. The molecule has 8 nitrogen and oxygen atoms in total. The monoisotopic (exact) mass is 378 g/mol. The number of carbonyl (C=O) groups is 1. The van der Waals surface area contributed by atoms with E-state index >= 15 is 0 Å². The van der Waals surface area contributed by atoms with E-state index in [2.05, 4.69) is 20.3 Å². The van der Waals surface area contributed by atoms with E-state index in [0.717, 1.165) is 11.3 Å². The van der Waals surface area contributed by atoms with Gasteiger partial charge in [-0.25, -0.2) is 0 Å². The Morgan fingerprint density at radius 2 is 2.04 bits per heavy atom. The second-order valence-electron chi connectivity index (χ2n) is 6.23. The zero-order chi connectivity index (χ0) is 18.2. The standard InChI is InChI=1S/C18H14N6O2S/c25-18(15-8-19-24(21-15)14-4-2-1-3-5-14)23-9-13(10-23)17-20-16(22-26-17)12-6-7-27-11-12/h1-8,11,13H,9-10H2. The minimum absolute atomic E-state index is 0.0537. The molecule has 0 atom stereocenters. The zero-order valence-electron chi connectivity index (χ0n) is 14.1. The molecule has 0 spiro atoms. The number of para-hydroxylation sites is 1. The fraction of sp³-hybridized carbons (Fsp3) is 0.167. The van der Waals surface area contributed by atoms with Gasteiger partial charge in [0.25, 0.3) is 5.91 Å². The number of benzene rings is 1. The number of carbonyl (C=O) groups excluding carboxylic acids is 1. The van der Waals surface area contributed by atoms with Crippen molar-refractivity contribution in [2.45, 2.75) is 5.92 Å². The number of nitrogens with zero attached hydrogens (tertiary/aromatic N) is 6. The first-order valence-corrected chi connectivity index (χ1v) is 9.35. The number of rotatable bonds is 4. The molecule has 5 rings (SSSR count). The van der Waals surface area contributed by atoms with Crippen LogP contribution in [0.2, 0.25) is 0 Å². The van der Waals surface area contributed by atoms with E-state index in [1.54, 1.807) is 16.2 Å². The predicted octanol–water partition coefficient (Wildman–Crippen LogP) is 2.62. The summed E-state index contributed by atoms with van der Waals surface area (Å²) >= 11 is 1.58. The molecule has 27 heavy (non-hydrogen) atoms. The summed E-state index contributed by atoms with van der Waals surface area (Å²) in [4.78, 5) is 20.2. The van der Waals surface area contributed by atoms with E-state index < -0.39 is 0 Å². The highest BCUT2D eigenvalue weighted by molar-refractivity contribution is 7.08. The molecule has 0 bridgehead atoms. The molecule has 1 fully saturated rings. The molecule has 0 unspecified atom stereocenters. The number of thiophene rings is 1. The lowest BCUT2D eigenvalue weighted by Crippen LogP contribution is -2.48. The quantitative estimate of drug-likeness (QED) is 0.542. The lowest BCUT2D eigenvalue weighted by Gasteiger charge is -2.36. The molecular weight excluding hydrogens is 364 g/mol. The maximum Gasteiger partial charge on any atom is 0.276 e. The van der Waals surface area contributed by atoms with Gasteiger partial charge in [0.1, 0.15) is 0 Å². The van der Waals surface area contributed by atoms with Crippen LogP contribution in [0.5, 0.6) is 0 Å². The Hall–Kier alpha value is -3.33. The van der Waals surface area contributed by atoms with E-state index in [1.165, 1.54) is 11.0 Å². The molecule has 4 heterocycles. The van der Waals surface area contributed by atoms with Crippen LogP contribution < -0.4 is 0 Å². The van der Waals surface area contributed by atoms with Gasteiger partial charge >= 0.3 is 0 Å². The van der Waals surface area contributed by atoms with E-state index in [9.17, 15) is 4.79 Å². The van der Waals surface area contributed by atoms with E-state index in [1.807, 2.05) is 47.2 Å². The van der Waals surface area contributed by atoms with Gasteiger partial charge in [0.05, 0.1) is 17.8 Å². The van der Waals surface area contributed by atoms with Gasteiger partial charge in [-0.3, -0.25) is 4.79 Å². The summed E-state index contributed by atoms with van der Waals surface area (Å²) < 4.78 is 5.36. The Kier molecular flexibility index (Phi) is 3.79. The van der Waals surface area contributed by atoms with Gasteiger partial charge < -0.3 is 9.42 Å². The Morgan fingerprint density at radius 3 is 2.81 bits per heavy atom. The molecule has 0 aliphatic carbocycles. The summed E-state index contributed by atoms with van der Waals surface area (Å²) in [6, 6.07) is 11.4. The summed E-state index contributed by atoms with van der Waals surface area (Å²) in [5.41, 5.74) is 2.08. The van der Waals surface area contributed by atoms with Crippen LogP contribution >= 0.6 is 11.3 Å². The lowest BCUT2D eigenvalue weighted by atomic mass is 10.00. The van der Waals surface area contributed by atoms with Gasteiger partial charge in [-0.1, -0.05) is 23.4 Å². The SMILES string of the molecule is O=C(c1cnn(-c2ccccc2)n1)N1CC(c2nc(-c3ccsc3)no2)C1. The van der Waals surface area contributed by atoms with Crippen LogP contribution in [0.3, 0.4) is 0 Å². The van der Waals surface area contributed by atoms with Crippen molar-refractivity contribution in [3.63, 3.8) is 0 Å². The highest BCUT2D eigenvalue weighted by Gasteiger charge is 2.37. The highest BCUT2D eigenvalue weighted by Crippen LogP contribution is 2.29. The molecule has 1 aliphatic rings. The van der Waals surface area contributed by atoms with E-state index in [0.29, 0.717) is 30.5 Å². The fourth-order valence-electron chi connectivity index (χ4n) is 2.92. The largest absolute Gasteiger partial charge is 0.339 e. The number of hydrogen-bond donors (Lipinski definition) is 0. The maximum atomic E-state index is 12.6. The average Bonchev–Trinajstić information content (AvgIpc) is 3.41. The van der Waals surface area contributed by atoms with Gasteiger partial charge in [0.2, 0.25) is 11.7 Å². The second-order valence-corrected chi connectivity index (χ2v) is 7.01. The zero-order valence-corrected chi connectivity index (χ0v) is 14.9.